The van der Waals surface area contributed by atoms with Crippen molar-refractivity contribution in [2.45, 2.75) is 77.7 Å². The van der Waals surface area contributed by atoms with Crippen molar-refractivity contribution in [3.8, 4) is 11.5 Å². The topological polar surface area (TPSA) is 29.5 Å². The molecule has 0 unspecified atom stereocenters. The van der Waals surface area contributed by atoms with Crippen LogP contribution < -0.4 is 4.74 Å². The van der Waals surface area contributed by atoms with Gasteiger partial charge < -0.3 is 9.84 Å². The zero-order chi connectivity index (χ0) is 16.4. The van der Waals surface area contributed by atoms with Crippen molar-refractivity contribution in [3.05, 3.63) is 23.3 Å². The number of phenolic OH excluding ortho intramolecular Hbond substituents is 1. The van der Waals surface area contributed by atoms with E-state index in [1.54, 1.807) is 0 Å². The van der Waals surface area contributed by atoms with Gasteiger partial charge in [0.25, 0.3) is 0 Å². The normalized spacial score (nSPS) is 35.9. The molecule has 1 aromatic rings. The van der Waals surface area contributed by atoms with E-state index in [0.717, 1.165) is 30.1 Å². The molecule has 0 radical (unpaired) electrons. The minimum atomic E-state index is -0.0215. The summed E-state index contributed by atoms with van der Waals surface area (Å²) in [6.07, 6.45) is 7.12. The van der Waals surface area contributed by atoms with Crippen LogP contribution >= 0.6 is 0 Å². The Morgan fingerprint density at radius 1 is 1.22 bits per heavy atom. The lowest BCUT2D eigenvalue weighted by Crippen LogP contribution is -2.59. The molecule has 0 bridgehead atoms. The molecule has 126 valence electrons. The predicted octanol–water partition coefficient (Wildman–Crippen LogP) is 5.43. The summed E-state index contributed by atoms with van der Waals surface area (Å²) in [7, 11) is 0. The largest absolute Gasteiger partial charge is 0.508 e. The summed E-state index contributed by atoms with van der Waals surface area (Å²) in [5, 5.41) is 10.7. The van der Waals surface area contributed by atoms with Crippen LogP contribution in [0, 0.1) is 17.3 Å². The summed E-state index contributed by atoms with van der Waals surface area (Å²) >= 11 is 0. The van der Waals surface area contributed by atoms with Crippen molar-refractivity contribution >= 4 is 0 Å². The van der Waals surface area contributed by atoms with Gasteiger partial charge in [-0.05, 0) is 61.6 Å². The van der Waals surface area contributed by atoms with Crippen molar-refractivity contribution in [2.24, 2.45) is 17.3 Å². The fraction of sp³-hybridized carbons (Fsp3) is 0.714. The van der Waals surface area contributed by atoms with Crippen molar-refractivity contribution < 1.29 is 9.84 Å². The van der Waals surface area contributed by atoms with Gasteiger partial charge >= 0.3 is 0 Å². The molecule has 2 aliphatic carbocycles. The van der Waals surface area contributed by atoms with E-state index in [0.29, 0.717) is 17.6 Å². The number of aryl methyl sites for hydroxylation is 1. The van der Waals surface area contributed by atoms with E-state index in [4.69, 9.17) is 4.74 Å². The van der Waals surface area contributed by atoms with E-state index in [-0.39, 0.29) is 11.0 Å². The van der Waals surface area contributed by atoms with Crippen molar-refractivity contribution in [2.75, 3.05) is 0 Å². The zero-order valence-electron chi connectivity index (χ0n) is 15.0. The monoisotopic (exact) mass is 314 g/mol. The van der Waals surface area contributed by atoms with Crippen LogP contribution in [0.5, 0.6) is 11.5 Å². The molecule has 3 aliphatic rings. The maximum Gasteiger partial charge on any atom is 0.127 e. The average molecular weight is 314 g/mol. The van der Waals surface area contributed by atoms with Gasteiger partial charge in [-0.1, -0.05) is 33.6 Å². The standard InChI is InChI=1S/C21H30O2/c1-5-6-7-8-13-11-15(22)17-16(12-13)23-21(4)10-9-14-18(21)19(17)20(14,2)3/h11-12,14,18-19,22H,5-10H2,1-4H3/t14-,18+,19-,21+/m0/s1. The third-order valence-corrected chi connectivity index (χ3v) is 7.11. The lowest BCUT2D eigenvalue weighted by molar-refractivity contribution is -0.121. The fourth-order valence-electron chi connectivity index (χ4n) is 5.92. The van der Waals surface area contributed by atoms with E-state index in [2.05, 4.69) is 33.8 Å². The Hall–Kier alpha value is -1.18. The van der Waals surface area contributed by atoms with Crippen LogP contribution in [0.4, 0.5) is 0 Å². The number of ether oxygens (including phenoxy) is 1. The molecule has 1 aromatic carbocycles. The number of phenols is 1. The molecule has 4 atom stereocenters. The summed E-state index contributed by atoms with van der Waals surface area (Å²) in [6, 6.07) is 4.22. The molecular weight excluding hydrogens is 284 g/mol. The second kappa shape index (κ2) is 4.91. The molecule has 1 aliphatic heterocycles. The highest BCUT2D eigenvalue weighted by Gasteiger charge is 2.69. The molecule has 2 heteroatoms. The summed E-state index contributed by atoms with van der Waals surface area (Å²) < 4.78 is 6.51. The van der Waals surface area contributed by atoms with Crippen LogP contribution in [0.2, 0.25) is 0 Å². The van der Waals surface area contributed by atoms with Gasteiger partial charge in [0.05, 0.1) is 0 Å². The van der Waals surface area contributed by atoms with Crippen LogP contribution in [0.1, 0.15) is 76.8 Å². The molecule has 0 spiro atoms. The van der Waals surface area contributed by atoms with Gasteiger partial charge in [0.15, 0.2) is 0 Å². The van der Waals surface area contributed by atoms with Gasteiger partial charge in [-0.25, -0.2) is 0 Å². The van der Waals surface area contributed by atoms with Crippen molar-refractivity contribution in [1.82, 2.24) is 0 Å². The minimum absolute atomic E-state index is 0.0215. The first-order chi connectivity index (χ1) is 10.9. The first-order valence-electron chi connectivity index (χ1n) is 9.43. The number of fused-ring (bicyclic) bond motifs is 2. The number of hydrogen-bond donors (Lipinski definition) is 1. The molecular formula is C21H30O2. The zero-order valence-corrected chi connectivity index (χ0v) is 15.0. The molecule has 2 nitrogen and oxygen atoms in total. The lowest BCUT2D eigenvalue weighted by Gasteiger charge is -2.62. The second-order valence-corrected chi connectivity index (χ2v) is 8.87. The van der Waals surface area contributed by atoms with Crippen LogP contribution in [0.25, 0.3) is 0 Å². The lowest BCUT2D eigenvalue weighted by atomic mass is 9.45. The highest BCUT2D eigenvalue weighted by atomic mass is 16.5. The molecule has 2 saturated carbocycles. The molecule has 2 fully saturated rings. The Morgan fingerprint density at radius 3 is 2.74 bits per heavy atom. The molecule has 1 heterocycles. The van der Waals surface area contributed by atoms with E-state index < -0.39 is 0 Å². The predicted molar refractivity (Wildman–Crippen MR) is 93.1 cm³/mol. The number of benzene rings is 1. The number of rotatable bonds is 4. The Labute approximate surface area is 140 Å². The van der Waals surface area contributed by atoms with Gasteiger partial charge in [0.2, 0.25) is 0 Å². The number of hydrogen-bond acceptors (Lipinski definition) is 2. The third kappa shape index (κ3) is 1.99. The molecule has 0 aromatic heterocycles. The quantitative estimate of drug-likeness (QED) is 0.751. The van der Waals surface area contributed by atoms with Gasteiger partial charge in [0, 0.05) is 17.4 Å². The Bertz CT molecular complexity index is 633. The van der Waals surface area contributed by atoms with Crippen LogP contribution in [-0.2, 0) is 6.42 Å². The first-order valence-corrected chi connectivity index (χ1v) is 9.43. The van der Waals surface area contributed by atoms with E-state index in [1.165, 1.54) is 31.2 Å². The summed E-state index contributed by atoms with van der Waals surface area (Å²) in [5.41, 5.74) is 2.58. The first kappa shape index (κ1) is 15.4. The molecule has 1 N–H and O–H groups in total. The number of aromatic hydroxyl groups is 1. The van der Waals surface area contributed by atoms with Gasteiger partial charge in [-0.3, -0.25) is 0 Å². The second-order valence-electron chi connectivity index (χ2n) is 8.87. The molecule has 23 heavy (non-hydrogen) atoms. The summed E-state index contributed by atoms with van der Waals surface area (Å²) in [6.45, 7) is 9.29. The average Bonchev–Trinajstić information content (AvgIpc) is 2.81. The Morgan fingerprint density at radius 2 is 2.00 bits per heavy atom. The number of unbranched alkanes of at least 4 members (excludes halogenated alkanes) is 2. The van der Waals surface area contributed by atoms with E-state index >= 15 is 0 Å². The SMILES string of the molecule is CCCCCc1cc(O)c2c(c1)O[C@]1(C)CC[C@H]3[C@@H]1[C@H]2C3(C)C. The Balaban J connectivity index is 1.73. The van der Waals surface area contributed by atoms with E-state index in [1.807, 2.05) is 6.07 Å². The van der Waals surface area contributed by atoms with Crippen LogP contribution in [0.15, 0.2) is 12.1 Å². The minimum Gasteiger partial charge on any atom is -0.508 e. The maximum atomic E-state index is 10.7. The molecule has 0 amide bonds. The van der Waals surface area contributed by atoms with E-state index in [9.17, 15) is 5.11 Å². The van der Waals surface area contributed by atoms with Crippen LogP contribution in [0.3, 0.4) is 0 Å². The third-order valence-electron chi connectivity index (χ3n) is 7.11. The molecule has 0 saturated heterocycles. The highest BCUT2D eigenvalue weighted by molar-refractivity contribution is 5.55. The fourth-order valence-corrected chi connectivity index (χ4v) is 5.92. The Kier molecular flexibility index (Phi) is 3.28. The maximum absolute atomic E-state index is 10.7. The van der Waals surface area contributed by atoms with Gasteiger partial charge in [0.1, 0.15) is 17.1 Å². The smallest absolute Gasteiger partial charge is 0.127 e. The van der Waals surface area contributed by atoms with Crippen molar-refractivity contribution in [1.29, 1.82) is 0 Å². The van der Waals surface area contributed by atoms with Gasteiger partial charge in [-0.15, -0.1) is 0 Å². The highest BCUT2D eigenvalue weighted by Crippen LogP contribution is 2.74. The van der Waals surface area contributed by atoms with Crippen LogP contribution in [-0.4, -0.2) is 10.7 Å². The summed E-state index contributed by atoms with van der Waals surface area (Å²) in [4.78, 5) is 0. The van der Waals surface area contributed by atoms with Gasteiger partial charge in [-0.2, -0.15) is 0 Å². The van der Waals surface area contributed by atoms with Crippen molar-refractivity contribution in [3.63, 3.8) is 0 Å². The molecule has 4 rings (SSSR count). The summed E-state index contributed by atoms with van der Waals surface area (Å²) in [5.74, 6) is 3.22.